The van der Waals surface area contributed by atoms with Gasteiger partial charge in [0.15, 0.2) is 0 Å². The predicted octanol–water partition coefficient (Wildman–Crippen LogP) is 0.917. The Bertz CT molecular complexity index is 298. The number of hydrogen-bond donors (Lipinski definition) is 2. The molecule has 2 N–H and O–H groups in total. The van der Waals surface area contributed by atoms with Gasteiger partial charge in [0, 0.05) is 12.0 Å². The third-order valence-corrected chi connectivity index (χ3v) is 3.98. The lowest BCUT2D eigenvalue weighted by atomic mass is 9.77. The number of carbonyl (C=O) groups is 1. The van der Waals surface area contributed by atoms with Crippen LogP contribution in [0, 0.1) is 10.8 Å². The Balaban J connectivity index is 1.86. The fraction of sp³-hybridized carbons (Fsp3) is 0.923. The van der Waals surface area contributed by atoms with E-state index in [0.29, 0.717) is 0 Å². The standard InChI is InChI=1S/C13H24N2O2/c1-12(2)5-4-6-14-10(12)11(16)15-7-13(3)8-17-9-13/h10,14H,4-9H2,1-3H3,(H,15,16). The molecule has 1 amide bonds. The molecule has 0 saturated carbocycles. The first-order chi connectivity index (χ1) is 7.93. The summed E-state index contributed by atoms with van der Waals surface area (Å²) in [6.45, 7) is 9.66. The number of carbonyl (C=O) groups excluding carboxylic acids is 1. The van der Waals surface area contributed by atoms with Gasteiger partial charge in [0.05, 0.1) is 19.3 Å². The number of hydrogen-bond acceptors (Lipinski definition) is 3. The lowest BCUT2D eigenvalue weighted by molar-refractivity contribution is -0.131. The van der Waals surface area contributed by atoms with E-state index in [9.17, 15) is 4.79 Å². The Kier molecular flexibility index (Phi) is 3.46. The van der Waals surface area contributed by atoms with Crippen LogP contribution in [0.3, 0.4) is 0 Å². The Labute approximate surface area is 103 Å². The summed E-state index contributed by atoms with van der Waals surface area (Å²) in [5.74, 6) is 0.142. The van der Waals surface area contributed by atoms with E-state index in [4.69, 9.17) is 4.74 Å². The van der Waals surface area contributed by atoms with Crippen LogP contribution in [0.5, 0.6) is 0 Å². The van der Waals surface area contributed by atoms with Crippen molar-refractivity contribution in [2.75, 3.05) is 26.3 Å². The summed E-state index contributed by atoms with van der Waals surface area (Å²) >= 11 is 0. The van der Waals surface area contributed by atoms with Gasteiger partial charge < -0.3 is 15.4 Å². The molecule has 0 aromatic rings. The van der Waals surface area contributed by atoms with Crippen molar-refractivity contribution >= 4 is 5.91 Å². The van der Waals surface area contributed by atoms with Crippen LogP contribution < -0.4 is 10.6 Å². The van der Waals surface area contributed by atoms with Gasteiger partial charge in [-0.25, -0.2) is 0 Å². The van der Waals surface area contributed by atoms with Gasteiger partial charge in [-0.2, -0.15) is 0 Å². The molecule has 1 atom stereocenters. The summed E-state index contributed by atoms with van der Waals surface area (Å²) in [5.41, 5.74) is 0.202. The Morgan fingerprint density at radius 1 is 1.41 bits per heavy atom. The molecule has 0 aromatic heterocycles. The van der Waals surface area contributed by atoms with Crippen LogP contribution >= 0.6 is 0 Å². The van der Waals surface area contributed by atoms with E-state index in [2.05, 4.69) is 31.4 Å². The van der Waals surface area contributed by atoms with Crippen LogP contribution in [-0.2, 0) is 9.53 Å². The summed E-state index contributed by atoms with van der Waals surface area (Å²) in [7, 11) is 0. The van der Waals surface area contributed by atoms with Gasteiger partial charge >= 0.3 is 0 Å². The monoisotopic (exact) mass is 240 g/mol. The van der Waals surface area contributed by atoms with Crippen molar-refractivity contribution in [3.05, 3.63) is 0 Å². The molecule has 1 unspecified atom stereocenters. The largest absolute Gasteiger partial charge is 0.380 e. The van der Waals surface area contributed by atoms with Crippen LogP contribution in [0.4, 0.5) is 0 Å². The van der Waals surface area contributed by atoms with Crippen LogP contribution in [0.25, 0.3) is 0 Å². The maximum absolute atomic E-state index is 12.2. The van der Waals surface area contributed by atoms with Crippen molar-refractivity contribution in [3.63, 3.8) is 0 Å². The van der Waals surface area contributed by atoms with Gasteiger partial charge in [-0.1, -0.05) is 20.8 Å². The highest BCUT2D eigenvalue weighted by atomic mass is 16.5. The number of rotatable bonds is 3. The maximum Gasteiger partial charge on any atom is 0.237 e. The van der Waals surface area contributed by atoms with E-state index >= 15 is 0 Å². The average Bonchev–Trinajstić information content (AvgIpc) is 2.22. The summed E-state index contributed by atoms with van der Waals surface area (Å²) in [6, 6.07) is -0.0548. The molecule has 2 aliphatic heterocycles. The Hall–Kier alpha value is -0.610. The van der Waals surface area contributed by atoms with Crippen molar-refractivity contribution in [1.29, 1.82) is 0 Å². The first kappa shape index (κ1) is 12.8. The third-order valence-electron chi connectivity index (χ3n) is 3.98. The van der Waals surface area contributed by atoms with E-state index in [0.717, 1.165) is 39.1 Å². The van der Waals surface area contributed by atoms with Gasteiger partial charge in [0.25, 0.3) is 0 Å². The van der Waals surface area contributed by atoms with E-state index in [1.807, 2.05) is 0 Å². The van der Waals surface area contributed by atoms with Crippen LogP contribution in [0.15, 0.2) is 0 Å². The highest BCUT2D eigenvalue weighted by Crippen LogP contribution is 2.30. The van der Waals surface area contributed by atoms with Crippen LogP contribution in [0.1, 0.15) is 33.6 Å². The maximum atomic E-state index is 12.2. The number of piperidine rings is 1. The third kappa shape index (κ3) is 2.80. The molecule has 0 spiro atoms. The first-order valence-electron chi connectivity index (χ1n) is 6.52. The zero-order valence-electron chi connectivity index (χ0n) is 11.1. The SMILES string of the molecule is CC1(CNC(=O)C2NCCCC2(C)C)COC1. The molecule has 4 heteroatoms. The van der Waals surface area contributed by atoms with Crippen molar-refractivity contribution < 1.29 is 9.53 Å². The van der Waals surface area contributed by atoms with Crippen molar-refractivity contribution in [3.8, 4) is 0 Å². The summed E-state index contributed by atoms with van der Waals surface area (Å²) in [6.07, 6.45) is 2.26. The summed E-state index contributed by atoms with van der Waals surface area (Å²) in [5, 5.41) is 6.41. The minimum Gasteiger partial charge on any atom is -0.380 e. The first-order valence-corrected chi connectivity index (χ1v) is 6.52. The lowest BCUT2D eigenvalue weighted by Gasteiger charge is -2.41. The molecule has 2 saturated heterocycles. The molecule has 2 rings (SSSR count). The average molecular weight is 240 g/mol. The van der Waals surface area contributed by atoms with E-state index in [-0.39, 0.29) is 22.8 Å². The van der Waals surface area contributed by atoms with Crippen LogP contribution in [0.2, 0.25) is 0 Å². The van der Waals surface area contributed by atoms with Crippen molar-refractivity contribution in [1.82, 2.24) is 10.6 Å². The van der Waals surface area contributed by atoms with Crippen molar-refractivity contribution in [2.24, 2.45) is 10.8 Å². The van der Waals surface area contributed by atoms with Gasteiger partial charge in [-0.3, -0.25) is 4.79 Å². The quantitative estimate of drug-likeness (QED) is 0.771. The zero-order chi connectivity index (χ0) is 12.5. The van der Waals surface area contributed by atoms with Crippen LogP contribution in [-0.4, -0.2) is 38.3 Å². The topological polar surface area (TPSA) is 50.4 Å². The van der Waals surface area contributed by atoms with E-state index in [1.54, 1.807) is 0 Å². The molecule has 0 aromatic carbocycles. The second kappa shape index (κ2) is 4.58. The lowest BCUT2D eigenvalue weighted by Crippen LogP contribution is -2.58. The number of amides is 1. The fourth-order valence-electron chi connectivity index (χ4n) is 2.61. The zero-order valence-corrected chi connectivity index (χ0v) is 11.1. The molecule has 4 nitrogen and oxygen atoms in total. The highest BCUT2D eigenvalue weighted by molar-refractivity contribution is 5.82. The molecule has 2 heterocycles. The molecular formula is C13H24N2O2. The second-order valence-electron chi connectivity index (χ2n) is 6.50. The second-order valence-corrected chi connectivity index (χ2v) is 6.50. The van der Waals surface area contributed by atoms with Gasteiger partial charge in [-0.05, 0) is 24.8 Å². The normalized spacial score (nSPS) is 30.4. The van der Waals surface area contributed by atoms with Gasteiger partial charge in [0.1, 0.15) is 0 Å². The van der Waals surface area contributed by atoms with Gasteiger partial charge in [-0.15, -0.1) is 0 Å². The van der Waals surface area contributed by atoms with E-state index < -0.39 is 0 Å². The minimum atomic E-state index is -0.0548. The predicted molar refractivity (Wildman–Crippen MR) is 66.7 cm³/mol. The highest BCUT2D eigenvalue weighted by Gasteiger charge is 2.39. The number of nitrogens with one attached hydrogen (secondary N) is 2. The molecule has 17 heavy (non-hydrogen) atoms. The van der Waals surface area contributed by atoms with Crippen molar-refractivity contribution in [2.45, 2.75) is 39.7 Å². The minimum absolute atomic E-state index is 0.0548. The molecule has 2 fully saturated rings. The summed E-state index contributed by atoms with van der Waals surface area (Å²) in [4.78, 5) is 12.2. The molecule has 98 valence electrons. The molecule has 2 aliphatic rings. The van der Waals surface area contributed by atoms with E-state index in [1.165, 1.54) is 0 Å². The summed E-state index contributed by atoms with van der Waals surface area (Å²) < 4.78 is 5.19. The molecule has 0 radical (unpaired) electrons. The molecule has 0 aliphatic carbocycles. The molecular weight excluding hydrogens is 216 g/mol. The Morgan fingerprint density at radius 3 is 2.65 bits per heavy atom. The smallest absolute Gasteiger partial charge is 0.237 e. The van der Waals surface area contributed by atoms with Gasteiger partial charge in [0.2, 0.25) is 5.91 Å². The Morgan fingerprint density at radius 2 is 2.12 bits per heavy atom. The fourth-order valence-corrected chi connectivity index (χ4v) is 2.61. The molecule has 0 bridgehead atoms. The number of ether oxygens (including phenoxy) is 1.